The summed E-state index contributed by atoms with van der Waals surface area (Å²) in [5.74, 6) is 0. The Bertz CT molecular complexity index is 773. The van der Waals surface area contributed by atoms with Crippen molar-refractivity contribution in [3.05, 3.63) is 36.5 Å². The fourth-order valence-corrected chi connectivity index (χ4v) is 4.51. The van der Waals surface area contributed by atoms with Gasteiger partial charge in [-0.05, 0) is 31.2 Å². The summed E-state index contributed by atoms with van der Waals surface area (Å²) in [6.07, 6.45) is 1.15. The number of aromatic nitrogens is 1. The van der Waals surface area contributed by atoms with Gasteiger partial charge in [0.15, 0.2) is 0 Å². The SMILES string of the molecule is C[C@H]1CO[C@H](CO)CN1S(=O)(=O)c1cccc2ncccc12. The number of benzene rings is 1. The largest absolute Gasteiger partial charge is 0.394 e. The van der Waals surface area contributed by atoms with Crippen LogP contribution in [0.2, 0.25) is 0 Å². The van der Waals surface area contributed by atoms with Crippen molar-refractivity contribution in [3.8, 4) is 0 Å². The van der Waals surface area contributed by atoms with Crippen LogP contribution in [0.15, 0.2) is 41.4 Å². The Morgan fingerprint density at radius 1 is 1.36 bits per heavy atom. The van der Waals surface area contributed by atoms with Gasteiger partial charge in [0.05, 0.1) is 29.7 Å². The van der Waals surface area contributed by atoms with E-state index in [9.17, 15) is 13.5 Å². The van der Waals surface area contributed by atoms with Crippen LogP contribution < -0.4 is 0 Å². The number of aliphatic hydroxyl groups is 1. The van der Waals surface area contributed by atoms with Crippen molar-refractivity contribution in [2.75, 3.05) is 19.8 Å². The molecule has 1 aromatic heterocycles. The van der Waals surface area contributed by atoms with E-state index >= 15 is 0 Å². The number of hydrogen-bond donors (Lipinski definition) is 1. The predicted octanol–water partition coefficient (Wildman–Crippen LogP) is 1.01. The normalized spacial score (nSPS) is 23.7. The number of nitrogens with zero attached hydrogens (tertiary/aromatic N) is 2. The minimum Gasteiger partial charge on any atom is -0.394 e. The van der Waals surface area contributed by atoms with Gasteiger partial charge in [-0.25, -0.2) is 8.42 Å². The zero-order valence-electron chi connectivity index (χ0n) is 12.2. The highest BCUT2D eigenvalue weighted by atomic mass is 32.2. The van der Waals surface area contributed by atoms with Crippen LogP contribution in [0.4, 0.5) is 0 Å². The summed E-state index contributed by atoms with van der Waals surface area (Å²) in [5, 5.41) is 9.85. The highest BCUT2D eigenvalue weighted by molar-refractivity contribution is 7.89. The van der Waals surface area contributed by atoms with Crippen LogP contribution in [-0.2, 0) is 14.8 Å². The van der Waals surface area contributed by atoms with Gasteiger partial charge >= 0.3 is 0 Å². The molecule has 118 valence electrons. The maximum atomic E-state index is 13.0. The second kappa shape index (κ2) is 5.92. The van der Waals surface area contributed by atoms with Gasteiger partial charge in [0, 0.05) is 24.2 Å². The molecule has 0 radical (unpaired) electrons. The maximum Gasteiger partial charge on any atom is 0.244 e. The van der Waals surface area contributed by atoms with E-state index in [2.05, 4.69) is 4.98 Å². The van der Waals surface area contributed by atoms with Crippen molar-refractivity contribution < 1.29 is 18.3 Å². The maximum absolute atomic E-state index is 13.0. The quantitative estimate of drug-likeness (QED) is 0.912. The summed E-state index contributed by atoms with van der Waals surface area (Å²) in [6.45, 7) is 2.02. The molecule has 1 N–H and O–H groups in total. The van der Waals surface area contributed by atoms with E-state index in [1.807, 2.05) is 0 Å². The second-order valence-electron chi connectivity index (χ2n) is 5.39. The smallest absolute Gasteiger partial charge is 0.244 e. The Balaban J connectivity index is 2.08. The van der Waals surface area contributed by atoms with Crippen LogP contribution in [0.3, 0.4) is 0 Å². The topological polar surface area (TPSA) is 79.7 Å². The van der Waals surface area contributed by atoms with Crippen molar-refractivity contribution in [1.82, 2.24) is 9.29 Å². The molecule has 2 heterocycles. The second-order valence-corrected chi connectivity index (χ2v) is 7.25. The van der Waals surface area contributed by atoms with Crippen LogP contribution in [0.25, 0.3) is 10.9 Å². The van der Waals surface area contributed by atoms with Gasteiger partial charge in [-0.15, -0.1) is 0 Å². The lowest BCUT2D eigenvalue weighted by molar-refractivity contribution is -0.0516. The summed E-state index contributed by atoms with van der Waals surface area (Å²) in [6, 6.07) is 8.27. The molecule has 3 rings (SSSR count). The molecular formula is C15H18N2O4S. The Morgan fingerprint density at radius 2 is 2.18 bits per heavy atom. The van der Waals surface area contributed by atoms with Crippen LogP contribution in [0.5, 0.6) is 0 Å². The zero-order chi connectivity index (χ0) is 15.7. The van der Waals surface area contributed by atoms with Crippen LogP contribution in [-0.4, -0.2) is 54.7 Å². The van der Waals surface area contributed by atoms with E-state index in [-0.39, 0.29) is 30.7 Å². The van der Waals surface area contributed by atoms with Gasteiger partial charge in [0.2, 0.25) is 10.0 Å². The van der Waals surface area contributed by atoms with Gasteiger partial charge in [-0.1, -0.05) is 6.07 Å². The highest BCUT2D eigenvalue weighted by Crippen LogP contribution is 2.27. The first-order chi connectivity index (χ1) is 10.5. The van der Waals surface area contributed by atoms with Gasteiger partial charge in [0.1, 0.15) is 0 Å². The van der Waals surface area contributed by atoms with Crippen molar-refractivity contribution in [2.24, 2.45) is 0 Å². The summed E-state index contributed by atoms with van der Waals surface area (Å²) in [5.41, 5.74) is 0.642. The molecule has 0 saturated carbocycles. The average Bonchev–Trinajstić information content (AvgIpc) is 2.54. The van der Waals surface area contributed by atoms with E-state index in [1.54, 1.807) is 43.5 Å². The highest BCUT2D eigenvalue weighted by Gasteiger charge is 2.36. The minimum absolute atomic E-state index is 0.149. The predicted molar refractivity (Wildman–Crippen MR) is 81.9 cm³/mol. The molecule has 1 aliphatic rings. The van der Waals surface area contributed by atoms with Crippen molar-refractivity contribution in [2.45, 2.75) is 24.0 Å². The van der Waals surface area contributed by atoms with E-state index in [0.717, 1.165) is 0 Å². The number of sulfonamides is 1. The lowest BCUT2D eigenvalue weighted by Gasteiger charge is -2.36. The number of rotatable bonds is 3. The fourth-order valence-electron chi connectivity index (χ4n) is 2.66. The molecule has 7 heteroatoms. The van der Waals surface area contributed by atoms with E-state index < -0.39 is 16.1 Å². The molecule has 0 unspecified atom stereocenters. The fraction of sp³-hybridized carbons (Fsp3) is 0.400. The number of morpholine rings is 1. The van der Waals surface area contributed by atoms with Crippen molar-refractivity contribution >= 4 is 20.9 Å². The van der Waals surface area contributed by atoms with Crippen LogP contribution in [0, 0.1) is 0 Å². The lowest BCUT2D eigenvalue weighted by atomic mass is 10.2. The number of fused-ring (bicyclic) bond motifs is 1. The van der Waals surface area contributed by atoms with Gasteiger partial charge in [-0.2, -0.15) is 4.31 Å². The van der Waals surface area contributed by atoms with E-state index in [1.165, 1.54) is 4.31 Å². The molecule has 1 saturated heterocycles. The molecule has 2 aromatic rings. The minimum atomic E-state index is -3.68. The van der Waals surface area contributed by atoms with Gasteiger partial charge in [0.25, 0.3) is 0 Å². The molecule has 0 aliphatic carbocycles. The molecule has 1 aromatic carbocycles. The Kier molecular flexibility index (Phi) is 4.14. The third-order valence-corrected chi connectivity index (χ3v) is 5.88. The third kappa shape index (κ3) is 2.61. The summed E-state index contributed by atoms with van der Waals surface area (Å²) in [4.78, 5) is 4.44. The molecule has 0 spiro atoms. The zero-order valence-corrected chi connectivity index (χ0v) is 13.0. The average molecular weight is 322 g/mol. The monoisotopic (exact) mass is 322 g/mol. The first-order valence-electron chi connectivity index (χ1n) is 7.12. The lowest BCUT2D eigenvalue weighted by Crippen LogP contribution is -2.51. The van der Waals surface area contributed by atoms with Crippen LogP contribution in [0.1, 0.15) is 6.92 Å². The number of hydrogen-bond acceptors (Lipinski definition) is 5. The summed E-state index contributed by atoms with van der Waals surface area (Å²) >= 11 is 0. The van der Waals surface area contributed by atoms with Crippen LogP contribution >= 0.6 is 0 Å². The molecule has 22 heavy (non-hydrogen) atoms. The Hall–Kier alpha value is -1.54. The molecule has 0 bridgehead atoms. The Labute approximate surface area is 129 Å². The Morgan fingerprint density at radius 3 is 2.95 bits per heavy atom. The van der Waals surface area contributed by atoms with Gasteiger partial charge in [-0.3, -0.25) is 4.98 Å². The molecule has 2 atom stereocenters. The first kappa shape index (κ1) is 15.4. The van der Waals surface area contributed by atoms with Crippen molar-refractivity contribution in [1.29, 1.82) is 0 Å². The number of ether oxygens (including phenoxy) is 1. The standard InChI is InChI=1S/C15H18N2O4S/c1-11-10-21-12(9-18)8-17(11)22(19,20)15-6-2-5-14-13(15)4-3-7-16-14/h2-7,11-12,18H,8-10H2,1H3/t11-,12-/m0/s1. The van der Waals surface area contributed by atoms with Crippen molar-refractivity contribution in [3.63, 3.8) is 0 Å². The molecule has 6 nitrogen and oxygen atoms in total. The number of pyridine rings is 1. The summed E-state index contributed by atoms with van der Waals surface area (Å²) in [7, 11) is -3.68. The molecule has 1 aliphatic heterocycles. The third-order valence-electron chi connectivity index (χ3n) is 3.84. The number of aliphatic hydroxyl groups excluding tert-OH is 1. The van der Waals surface area contributed by atoms with Gasteiger partial charge < -0.3 is 9.84 Å². The molecule has 1 fully saturated rings. The first-order valence-corrected chi connectivity index (χ1v) is 8.56. The van der Waals surface area contributed by atoms with E-state index in [4.69, 9.17) is 4.74 Å². The molecular weight excluding hydrogens is 304 g/mol. The summed E-state index contributed by atoms with van der Waals surface area (Å²) < 4.78 is 32.9. The van der Waals surface area contributed by atoms with E-state index in [0.29, 0.717) is 10.9 Å². The molecule has 0 amide bonds.